The Bertz CT molecular complexity index is 1170. The Morgan fingerprint density at radius 1 is 1.17 bits per heavy atom. The number of morpholine rings is 1. The molecule has 3 aliphatic rings. The number of nitrogens with zero attached hydrogens (tertiary/aromatic N) is 1. The van der Waals surface area contributed by atoms with Gasteiger partial charge in [-0.25, -0.2) is 4.39 Å². The Morgan fingerprint density at radius 2 is 1.94 bits per heavy atom. The van der Waals surface area contributed by atoms with E-state index in [4.69, 9.17) is 9.47 Å². The highest BCUT2D eigenvalue weighted by molar-refractivity contribution is 6.46. The number of hydrogen-bond donors (Lipinski definition) is 1. The summed E-state index contributed by atoms with van der Waals surface area (Å²) in [5.41, 5.74) is 1.16. The molecule has 3 aliphatic heterocycles. The maximum absolute atomic E-state index is 14.9. The first-order valence-electron chi connectivity index (χ1n) is 12.2. The number of amides is 1. The van der Waals surface area contributed by atoms with Crippen molar-refractivity contribution in [2.75, 3.05) is 39.4 Å². The number of ketones is 1. The van der Waals surface area contributed by atoms with E-state index in [0.29, 0.717) is 37.4 Å². The Kier molecular flexibility index (Phi) is 6.58. The van der Waals surface area contributed by atoms with E-state index in [2.05, 4.69) is 0 Å². The van der Waals surface area contributed by atoms with Gasteiger partial charge in [-0.1, -0.05) is 30.0 Å². The van der Waals surface area contributed by atoms with Crippen LogP contribution in [0, 0.1) is 5.82 Å². The van der Waals surface area contributed by atoms with Crippen LogP contribution in [0.3, 0.4) is 0 Å². The Morgan fingerprint density at radius 3 is 2.71 bits per heavy atom. The van der Waals surface area contributed by atoms with Gasteiger partial charge in [-0.3, -0.25) is 9.59 Å². The third kappa shape index (κ3) is 4.56. The normalized spacial score (nSPS) is 24.0. The van der Waals surface area contributed by atoms with Gasteiger partial charge in [0.05, 0.1) is 25.8 Å². The van der Waals surface area contributed by atoms with E-state index in [1.807, 2.05) is 6.92 Å². The molecule has 2 saturated heterocycles. The topological polar surface area (TPSA) is 83.3 Å². The lowest BCUT2D eigenvalue weighted by Crippen LogP contribution is -3.14. The summed E-state index contributed by atoms with van der Waals surface area (Å²) in [5.74, 6) is -1.99. The van der Waals surface area contributed by atoms with E-state index >= 15 is 0 Å². The highest BCUT2D eigenvalue weighted by Gasteiger charge is 2.45. The van der Waals surface area contributed by atoms with Gasteiger partial charge in [0.25, 0.3) is 5.91 Å². The van der Waals surface area contributed by atoms with Crippen molar-refractivity contribution in [1.29, 1.82) is 0 Å². The largest absolute Gasteiger partial charge is 0.872 e. The zero-order valence-electron chi connectivity index (χ0n) is 19.7. The van der Waals surface area contributed by atoms with Crippen LogP contribution in [0.25, 0.3) is 5.76 Å². The van der Waals surface area contributed by atoms with Crippen LogP contribution in [-0.2, 0) is 20.7 Å². The monoisotopic (exact) mass is 480 g/mol. The Balaban J connectivity index is 1.49. The number of benzene rings is 2. The average molecular weight is 481 g/mol. The fraction of sp³-hybridized carbons (Fsp3) is 0.407. The van der Waals surface area contributed by atoms with E-state index in [1.165, 1.54) is 21.9 Å². The van der Waals surface area contributed by atoms with Crippen molar-refractivity contribution < 1.29 is 33.5 Å². The molecule has 1 amide bonds. The molecular weight excluding hydrogens is 451 g/mol. The summed E-state index contributed by atoms with van der Waals surface area (Å²) in [6.07, 6.45) is 1.30. The number of likely N-dealkylation sites (tertiary alicyclic amines) is 1. The third-order valence-corrected chi connectivity index (χ3v) is 7.02. The van der Waals surface area contributed by atoms with Crippen LogP contribution in [0.1, 0.15) is 36.1 Å². The molecule has 3 heterocycles. The highest BCUT2D eigenvalue weighted by Crippen LogP contribution is 2.40. The molecule has 0 bridgehead atoms. The van der Waals surface area contributed by atoms with E-state index < -0.39 is 29.3 Å². The summed E-state index contributed by atoms with van der Waals surface area (Å²) in [6.45, 7) is 6.19. The molecule has 35 heavy (non-hydrogen) atoms. The fourth-order valence-electron chi connectivity index (χ4n) is 5.25. The SMILES string of the molecule is CC1Cc2cc(C([O-])=C3C(=O)C(=O)N(CCC[NH+]4CCOCC4)C3c3ccccc3F)ccc2O1. The van der Waals surface area contributed by atoms with Gasteiger partial charge in [0.2, 0.25) is 5.78 Å². The number of ether oxygens (including phenoxy) is 2. The zero-order chi connectivity index (χ0) is 24.5. The molecule has 1 N–H and O–H groups in total. The first kappa shape index (κ1) is 23.5. The second-order valence-corrected chi connectivity index (χ2v) is 9.42. The van der Waals surface area contributed by atoms with Crippen LogP contribution in [0.2, 0.25) is 0 Å². The zero-order valence-corrected chi connectivity index (χ0v) is 19.7. The maximum atomic E-state index is 14.9. The Labute approximate surface area is 203 Å². The number of halogens is 1. The lowest BCUT2D eigenvalue weighted by molar-refractivity contribution is -0.908. The molecule has 2 aromatic rings. The summed E-state index contributed by atoms with van der Waals surface area (Å²) >= 11 is 0. The van der Waals surface area contributed by atoms with E-state index in [0.717, 1.165) is 25.2 Å². The van der Waals surface area contributed by atoms with Gasteiger partial charge in [0.15, 0.2) is 0 Å². The minimum atomic E-state index is -1.05. The molecule has 0 saturated carbocycles. The molecule has 0 aliphatic carbocycles. The summed E-state index contributed by atoms with van der Waals surface area (Å²) in [5, 5.41) is 13.6. The van der Waals surface area contributed by atoms with Gasteiger partial charge in [-0.05, 0) is 36.2 Å². The van der Waals surface area contributed by atoms with Crippen molar-refractivity contribution in [3.8, 4) is 5.75 Å². The third-order valence-electron chi connectivity index (χ3n) is 7.02. The average Bonchev–Trinajstić information content (AvgIpc) is 3.35. The smallest absolute Gasteiger partial charge is 0.295 e. The van der Waals surface area contributed by atoms with Gasteiger partial charge in [-0.15, -0.1) is 0 Å². The molecule has 2 aromatic carbocycles. The summed E-state index contributed by atoms with van der Waals surface area (Å²) in [4.78, 5) is 29.0. The van der Waals surface area contributed by atoms with Crippen molar-refractivity contribution in [2.24, 2.45) is 0 Å². The molecule has 0 aromatic heterocycles. The maximum Gasteiger partial charge on any atom is 0.295 e. The molecular formula is C27H29FN2O5. The molecule has 0 radical (unpaired) electrons. The molecule has 8 heteroatoms. The summed E-state index contributed by atoms with van der Waals surface area (Å²) in [6, 6.07) is 10.0. The lowest BCUT2D eigenvalue weighted by Gasteiger charge is -2.29. The van der Waals surface area contributed by atoms with Crippen LogP contribution >= 0.6 is 0 Å². The second-order valence-electron chi connectivity index (χ2n) is 9.42. The molecule has 184 valence electrons. The van der Waals surface area contributed by atoms with Crippen LogP contribution in [0.15, 0.2) is 48.0 Å². The Hall–Kier alpha value is -3.23. The minimum absolute atomic E-state index is 0.00736. The van der Waals surface area contributed by atoms with Gasteiger partial charge in [-0.2, -0.15) is 0 Å². The van der Waals surface area contributed by atoms with Crippen molar-refractivity contribution in [3.05, 3.63) is 70.5 Å². The van der Waals surface area contributed by atoms with Gasteiger partial charge in [0, 0.05) is 30.5 Å². The number of carbonyl (C=O) groups excluding carboxylic acids is 2. The number of quaternary nitrogens is 1. The second kappa shape index (κ2) is 9.79. The van der Waals surface area contributed by atoms with E-state index in [1.54, 1.807) is 30.3 Å². The summed E-state index contributed by atoms with van der Waals surface area (Å²) in [7, 11) is 0. The van der Waals surface area contributed by atoms with Crippen molar-refractivity contribution >= 4 is 17.4 Å². The quantitative estimate of drug-likeness (QED) is 0.374. The standard InChI is InChI=1S/C27H29FN2O5/c1-17-15-19-16-18(7-8-22(19)35-17)25(31)23-24(20-5-2-3-6-21(20)28)30(27(33)26(23)32)10-4-9-29-11-13-34-14-12-29/h2-3,5-8,16-17,24,31H,4,9-15H2,1H3. The molecule has 2 atom stereocenters. The number of Topliss-reactive ketones (excluding diaryl/α,β-unsaturated/α-hetero) is 1. The van der Waals surface area contributed by atoms with Gasteiger partial charge in [0.1, 0.15) is 30.8 Å². The number of nitrogens with one attached hydrogen (secondary N) is 1. The number of hydrogen-bond acceptors (Lipinski definition) is 5. The van der Waals surface area contributed by atoms with E-state index in [-0.39, 0.29) is 23.8 Å². The first-order chi connectivity index (χ1) is 16.9. The van der Waals surface area contributed by atoms with E-state index in [9.17, 15) is 19.1 Å². The lowest BCUT2D eigenvalue weighted by atomic mass is 9.94. The number of rotatable bonds is 6. The van der Waals surface area contributed by atoms with Crippen LogP contribution in [-0.4, -0.2) is 62.1 Å². The van der Waals surface area contributed by atoms with Crippen molar-refractivity contribution in [3.63, 3.8) is 0 Å². The number of carbonyl (C=O) groups is 2. The fourth-order valence-corrected chi connectivity index (χ4v) is 5.25. The highest BCUT2D eigenvalue weighted by atomic mass is 19.1. The van der Waals surface area contributed by atoms with Gasteiger partial charge >= 0.3 is 0 Å². The first-order valence-corrected chi connectivity index (χ1v) is 12.2. The molecule has 2 unspecified atom stereocenters. The van der Waals surface area contributed by atoms with Crippen LogP contribution in [0.4, 0.5) is 4.39 Å². The van der Waals surface area contributed by atoms with Gasteiger partial charge < -0.3 is 24.4 Å². The van der Waals surface area contributed by atoms with Crippen LogP contribution in [0.5, 0.6) is 5.75 Å². The molecule has 2 fully saturated rings. The van der Waals surface area contributed by atoms with Crippen molar-refractivity contribution in [1.82, 2.24) is 4.90 Å². The molecule has 5 rings (SSSR count). The van der Waals surface area contributed by atoms with Crippen molar-refractivity contribution in [2.45, 2.75) is 31.9 Å². The molecule has 7 nitrogen and oxygen atoms in total. The van der Waals surface area contributed by atoms with Crippen LogP contribution < -0.4 is 14.7 Å². The predicted octanol–water partition coefficient (Wildman–Crippen LogP) is 0.678. The number of fused-ring (bicyclic) bond motifs is 1. The predicted molar refractivity (Wildman–Crippen MR) is 124 cm³/mol. The minimum Gasteiger partial charge on any atom is -0.872 e. The molecule has 0 spiro atoms. The summed E-state index contributed by atoms with van der Waals surface area (Å²) < 4.78 is 26.0.